The van der Waals surface area contributed by atoms with Crippen molar-refractivity contribution in [2.75, 3.05) is 24.5 Å². The van der Waals surface area contributed by atoms with Crippen LogP contribution in [0.3, 0.4) is 0 Å². The Kier molecular flexibility index (Phi) is 9.59. The minimum Gasteiger partial charge on any atom is -0.371 e. The maximum atomic E-state index is 4.77. The fourth-order valence-electron chi connectivity index (χ4n) is 3.81. The molecule has 1 aromatic carbocycles. The van der Waals surface area contributed by atoms with E-state index in [1.807, 2.05) is 12.3 Å². The first kappa shape index (κ1) is 25.4. The van der Waals surface area contributed by atoms with E-state index < -0.39 is 0 Å². The Morgan fingerprint density at radius 3 is 2.39 bits per heavy atom. The number of halogens is 1. The first-order valence-electron chi connectivity index (χ1n) is 11.2. The first-order chi connectivity index (χ1) is 14.4. The molecular weight excluding hydrogens is 497 g/mol. The van der Waals surface area contributed by atoms with E-state index in [4.69, 9.17) is 4.99 Å². The number of nitrogens with zero attached hydrogens (tertiary/aromatic N) is 3. The van der Waals surface area contributed by atoms with Crippen LogP contribution in [-0.2, 0) is 12.0 Å². The largest absolute Gasteiger partial charge is 0.371 e. The van der Waals surface area contributed by atoms with Gasteiger partial charge in [0.05, 0.1) is 12.2 Å². The first-order valence-corrected chi connectivity index (χ1v) is 11.2. The predicted octanol–water partition coefficient (Wildman–Crippen LogP) is 5.03. The summed E-state index contributed by atoms with van der Waals surface area (Å²) in [5.41, 5.74) is 5.13. The van der Waals surface area contributed by atoms with Crippen molar-refractivity contribution in [1.29, 1.82) is 0 Å². The molecule has 1 fully saturated rings. The third kappa shape index (κ3) is 7.37. The van der Waals surface area contributed by atoms with E-state index in [0.717, 1.165) is 44.1 Å². The number of benzene rings is 1. The molecule has 1 aliphatic rings. The number of piperidine rings is 1. The monoisotopic (exact) mass is 535 g/mol. The number of aliphatic imine (C=N–C) groups is 1. The summed E-state index contributed by atoms with van der Waals surface area (Å²) in [6.45, 7) is 14.5. The van der Waals surface area contributed by atoms with E-state index in [0.29, 0.717) is 12.6 Å². The van der Waals surface area contributed by atoms with Gasteiger partial charge in [-0.2, -0.15) is 0 Å². The topological polar surface area (TPSA) is 52.6 Å². The molecule has 170 valence electrons. The number of aromatic nitrogens is 1. The fourth-order valence-corrected chi connectivity index (χ4v) is 3.81. The number of guanidine groups is 1. The van der Waals surface area contributed by atoms with E-state index in [9.17, 15) is 0 Å². The van der Waals surface area contributed by atoms with Gasteiger partial charge < -0.3 is 15.5 Å². The van der Waals surface area contributed by atoms with Crippen molar-refractivity contribution in [2.45, 2.75) is 65.5 Å². The highest BCUT2D eigenvalue weighted by Crippen LogP contribution is 2.26. The Bertz CT molecular complexity index is 834. The molecule has 0 aliphatic carbocycles. The zero-order chi connectivity index (χ0) is 21.6. The van der Waals surface area contributed by atoms with Crippen LogP contribution in [0.25, 0.3) is 0 Å². The van der Waals surface area contributed by atoms with Crippen molar-refractivity contribution in [3.8, 4) is 0 Å². The van der Waals surface area contributed by atoms with Gasteiger partial charge >= 0.3 is 0 Å². The lowest BCUT2D eigenvalue weighted by Gasteiger charge is -2.35. The summed E-state index contributed by atoms with van der Waals surface area (Å²) in [6.07, 6.45) is 4.05. The minimum absolute atomic E-state index is 0. The lowest BCUT2D eigenvalue weighted by molar-refractivity contribution is 0.461. The van der Waals surface area contributed by atoms with Crippen LogP contribution in [0.4, 0.5) is 5.69 Å². The van der Waals surface area contributed by atoms with Crippen LogP contribution in [0, 0.1) is 6.92 Å². The molecule has 0 bridgehead atoms. The van der Waals surface area contributed by atoms with Gasteiger partial charge in [0.25, 0.3) is 0 Å². The van der Waals surface area contributed by atoms with Gasteiger partial charge in [0, 0.05) is 37.6 Å². The molecule has 1 saturated heterocycles. The molecule has 0 unspecified atom stereocenters. The Labute approximate surface area is 205 Å². The molecule has 2 aromatic rings. The van der Waals surface area contributed by atoms with Gasteiger partial charge in [0.1, 0.15) is 0 Å². The third-order valence-electron chi connectivity index (χ3n) is 5.78. The van der Waals surface area contributed by atoms with Crippen LogP contribution in [0.2, 0.25) is 0 Å². The van der Waals surface area contributed by atoms with Gasteiger partial charge in [-0.15, -0.1) is 24.0 Å². The Hall–Kier alpha value is -1.83. The number of hydrogen-bond acceptors (Lipinski definition) is 3. The zero-order valence-electron chi connectivity index (χ0n) is 19.6. The lowest BCUT2D eigenvalue weighted by Crippen LogP contribution is -2.48. The van der Waals surface area contributed by atoms with Crippen LogP contribution >= 0.6 is 24.0 Å². The van der Waals surface area contributed by atoms with Crippen molar-refractivity contribution >= 4 is 35.6 Å². The Balaban J connectivity index is 0.00000341. The van der Waals surface area contributed by atoms with E-state index in [2.05, 4.69) is 85.5 Å². The smallest absolute Gasteiger partial charge is 0.191 e. The van der Waals surface area contributed by atoms with Crippen molar-refractivity contribution < 1.29 is 0 Å². The van der Waals surface area contributed by atoms with Crippen molar-refractivity contribution in [2.24, 2.45) is 4.99 Å². The molecule has 1 aliphatic heterocycles. The molecule has 0 atom stereocenters. The van der Waals surface area contributed by atoms with Gasteiger partial charge in [-0.3, -0.25) is 4.98 Å². The molecule has 1 aromatic heterocycles. The average molecular weight is 536 g/mol. The number of hydrogen-bond donors (Lipinski definition) is 2. The van der Waals surface area contributed by atoms with E-state index >= 15 is 0 Å². The van der Waals surface area contributed by atoms with Crippen molar-refractivity contribution in [1.82, 2.24) is 15.6 Å². The zero-order valence-corrected chi connectivity index (χ0v) is 21.9. The number of pyridine rings is 1. The van der Waals surface area contributed by atoms with Crippen LogP contribution in [0.15, 0.2) is 47.6 Å². The second-order valence-corrected chi connectivity index (χ2v) is 9.16. The molecular formula is C25H38IN5. The van der Waals surface area contributed by atoms with Crippen LogP contribution in [0.1, 0.15) is 57.4 Å². The van der Waals surface area contributed by atoms with Gasteiger partial charge in [-0.05, 0) is 61.4 Å². The van der Waals surface area contributed by atoms with Crippen molar-refractivity contribution in [3.63, 3.8) is 0 Å². The predicted molar refractivity (Wildman–Crippen MR) is 143 cm³/mol. The highest BCUT2D eigenvalue weighted by atomic mass is 127. The highest BCUT2D eigenvalue weighted by molar-refractivity contribution is 14.0. The molecule has 2 heterocycles. The third-order valence-corrected chi connectivity index (χ3v) is 5.78. The minimum atomic E-state index is 0. The summed E-state index contributed by atoms with van der Waals surface area (Å²) in [5.74, 6) is 0.885. The van der Waals surface area contributed by atoms with E-state index in [-0.39, 0.29) is 29.4 Å². The molecule has 0 saturated carbocycles. The Morgan fingerprint density at radius 2 is 1.81 bits per heavy atom. The van der Waals surface area contributed by atoms with Crippen LogP contribution in [0.5, 0.6) is 0 Å². The second-order valence-electron chi connectivity index (χ2n) is 9.16. The summed E-state index contributed by atoms with van der Waals surface area (Å²) >= 11 is 0. The number of aryl methyl sites for hydroxylation is 1. The summed E-state index contributed by atoms with van der Waals surface area (Å²) in [4.78, 5) is 11.7. The van der Waals surface area contributed by atoms with Crippen LogP contribution < -0.4 is 15.5 Å². The van der Waals surface area contributed by atoms with Gasteiger partial charge in [-0.1, -0.05) is 39.0 Å². The average Bonchev–Trinajstić information content (AvgIpc) is 2.73. The summed E-state index contributed by atoms with van der Waals surface area (Å²) in [7, 11) is 0. The molecule has 31 heavy (non-hydrogen) atoms. The molecule has 0 amide bonds. The molecule has 2 N–H and O–H groups in total. The summed E-state index contributed by atoms with van der Waals surface area (Å²) < 4.78 is 0. The molecule has 0 spiro atoms. The SMILES string of the molecule is CCNC(=NCc1ncccc1C)NC1CCN(c2ccc(C(C)(C)C)cc2)CC1.I. The van der Waals surface area contributed by atoms with Gasteiger partial charge in [-0.25, -0.2) is 4.99 Å². The van der Waals surface area contributed by atoms with Gasteiger partial charge in [0.15, 0.2) is 5.96 Å². The number of nitrogens with one attached hydrogen (secondary N) is 2. The van der Waals surface area contributed by atoms with Gasteiger partial charge in [0.2, 0.25) is 0 Å². The maximum absolute atomic E-state index is 4.77. The molecule has 0 radical (unpaired) electrons. The summed E-state index contributed by atoms with van der Waals surface area (Å²) in [6, 6.07) is 13.6. The number of anilines is 1. The normalized spacial score (nSPS) is 15.4. The van der Waals surface area contributed by atoms with Crippen LogP contribution in [-0.4, -0.2) is 36.6 Å². The summed E-state index contributed by atoms with van der Waals surface area (Å²) in [5, 5.41) is 7.01. The quantitative estimate of drug-likeness (QED) is 0.321. The van der Waals surface area contributed by atoms with Crippen molar-refractivity contribution in [3.05, 3.63) is 59.4 Å². The molecule has 3 rings (SSSR count). The lowest BCUT2D eigenvalue weighted by atomic mass is 9.87. The second kappa shape index (κ2) is 11.7. The Morgan fingerprint density at radius 1 is 1.13 bits per heavy atom. The maximum Gasteiger partial charge on any atom is 0.191 e. The fraction of sp³-hybridized carbons (Fsp3) is 0.520. The standard InChI is InChI=1S/C25H37N5.HI/c1-6-26-24(28-18-23-19(2)8-7-15-27-23)29-21-13-16-30(17-14-21)22-11-9-20(10-12-22)25(3,4)5;/h7-12,15,21H,6,13-14,16-18H2,1-5H3,(H2,26,28,29);1H. The van der Waals surface area contributed by atoms with E-state index in [1.54, 1.807) is 0 Å². The molecule has 5 nitrogen and oxygen atoms in total. The number of rotatable bonds is 5. The highest BCUT2D eigenvalue weighted by Gasteiger charge is 2.21. The van der Waals surface area contributed by atoms with E-state index in [1.165, 1.54) is 16.8 Å². The molecule has 6 heteroatoms.